The number of aliphatic imine (C=N–C) groups is 1. The van der Waals surface area contributed by atoms with Crippen LogP contribution in [0.2, 0.25) is 0 Å². The highest BCUT2D eigenvalue weighted by Crippen LogP contribution is 2.29. The van der Waals surface area contributed by atoms with E-state index in [1.807, 2.05) is 0 Å². The Bertz CT molecular complexity index is 838. The average molecular weight is 365 g/mol. The van der Waals surface area contributed by atoms with Crippen LogP contribution in [0, 0.1) is 5.82 Å². The Morgan fingerprint density at radius 3 is 2.56 bits per heavy atom. The smallest absolute Gasteiger partial charge is 0.264 e. The zero-order valence-corrected chi connectivity index (χ0v) is 14.7. The van der Waals surface area contributed by atoms with Crippen molar-refractivity contribution in [2.24, 2.45) is 4.99 Å². The Hall–Kier alpha value is -2.22. The van der Waals surface area contributed by atoms with Crippen LogP contribution in [-0.2, 0) is 14.8 Å². The number of hydrogen-bond acceptors (Lipinski definition) is 4. The van der Waals surface area contributed by atoms with Crippen molar-refractivity contribution in [3.05, 3.63) is 41.2 Å². The predicted molar refractivity (Wildman–Crippen MR) is 93.8 cm³/mol. The van der Waals surface area contributed by atoms with Gasteiger partial charge in [-0.1, -0.05) is 25.0 Å². The van der Waals surface area contributed by atoms with Gasteiger partial charge < -0.3 is 5.32 Å². The minimum absolute atomic E-state index is 0.0578. The highest BCUT2D eigenvalue weighted by Gasteiger charge is 2.32. The van der Waals surface area contributed by atoms with Gasteiger partial charge in [0.2, 0.25) is 5.91 Å². The molecule has 3 rings (SSSR count). The van der Waals surface area contributed by atoms with Crippen LogP contribution in [0.3, 0.4) is 0 Å². The maximum atomic E-state index is 13.1. The fraction of sp³-hybridized carbons (Fsp3) is 0.412. The van der Waals surface area contributed by atoms with Gasteiger partial charge in [-0.3, -0.25) is 14.5 Å². The molecule has 2 aliphatic rings. The maximum absolute atomic E-state index is 13.1. The Balaban J connectivity index is 1.78. The number of nitrogens with one attached hydrogen (secondary N) is 2. The van der Waals surface area contributed by atoms with Crippen LogP contribution in [0.25, 0.3) is 4.91 Å². The van der Waals surface area contributed by atoms with Gasteiger partial charge in [-0.15, -0.1) is 0 Å². The SMILES string of the molecule is CC1=C(c2ccc(F)cc2)S(=O)(=O)NC1=NCC(=O)NC1CCCC1. The molecule has 0 atom stereocenters. The highest BCUT2D eigenvalue weighted by molar-refractivity contribution is 8.00. The van der Waals surface area contributed by atoms with Gasteiger partial charge in [-0.2, -0.15) is 0 Å². The number of hydrogen-bond donors (Lipinski definition) is 2. The molecule has 1 aliphatic heterocycles. The largest absolute Gasteiger partial charge is 0.352 e. The third-order valence-corrected chi connectivity index (χ3v) is 5.94. The topological polar surface area (TPSA) is 87.6 Å². The third-order valence-electron chi connectivity index (χ3n) is 4.40. The number of carbonyl (C=O) groups is 1. The zero-order chi connectivity index (χ0) is 18.0. The molecule has 0 aromatic heterocycles. The van der Waals surface area contributed by atoms with E-state index in [1.54, 1.807) is 6.92 Å². The minimum Gasteiger partial charge on any atom is -0.352 e. The Morgan fingerprint density at radius 1 is 1.28 bits per heavy atom. The second-order valence-electron chi connectivity index (χ2n) is 6.28. The van der Waals surface area contributed by atoms with Gasteiger partial charge in [0.25, 0.3) is 10.0 Å². The van der Waals surface area contributed by atoms with Gasteiger partial charge in [0.1, 0.15) is 23.1 Å². The molecule has 0 saturated heterocycles. The van der Waals surface area contributed by atoms with Crippen molar-refractivity contribution in [3.8, 4) is 0 Å². The van der Waals surface area contributed by atoms with Gasteiger partial charge in [-0.25, -0.2) is 12.8 Å². The summed E-state index contributed by atoms with van der Waals surface area (Å²) >= 11 is 0. The van der Waals surface area contributed by atoms with Crippen LogP contribution in [0.4, 0.5) is 4.39 Å². The molecule has 1 aliphatic carbocycles. The van der Waals surface area contributed by atoms with Crippen molar-refractivity contribution in [1.82, 2.24) is 10.0 Å². The molecule has 2 N–H and O–H groups in total. The first-order valence-corrected chi connectivity index (χ1v) is 9.69. The highest BCUT2D eigenvalue weighted by atomic mass is 32.2. The number of sulfonamides is 1. The van der Waals surface area contributed by atoms with Crippen LogP contribution in [0.5, 0.6) is 0 Å². The summed E-state index contributed by atoms with van der Waals surface area (Å²) in [5, 5.41) is 2.91. The number of halogens is 1. The molecule has 1 amide bonds. The number of amidine groups is 1. The summed E-state index contributed by atoms with van der Waals surface area (Å²) in [5.41, 5.74) is 0.798. The van der Waals surface area contributed by atoms with Crippen LogP contribution >= 0.6 is 0 Å². The molecule has 1 saturated carbocycles. The molecular formula is C17H20FN3O3S. The van der Waals surface area contributed by atoms with Gasteiger partial charge in [-0.05, 0) is 37.5 Å². The summed E-state index contributed by atoms with van der Waals surface area (Å²) in [6.45, 7) is 1.48. The summed E-state index contributed by atoms with van der Waals surface area (Å²) in [4.78, 5) is 16.1. The van der Waals surface area contributed by atoms with E-state index in [1.165, 1.54) is 24.3 Å². The summed E-state index contributed by atoms with van der Waals surface area (Å²) in [6.07, 6.45) is 4.18. The molecule has 0 unspecified atom stereocenters. The van der Waals surface area contributed by atoms with Crippen LogP contribution in [0.15, 0.2) is 34.8 Å². The van der Waals surface area contributed by atoms with E-state index in [-0.39, 0.29) is 29.2 Å². The Kier molecular flexibility index (Phi) is 4.89. The number of rotatable bonds is 4. The maximum Gasteiger partial charge on any atom is 0.264 e. The van der Waals surface area contributed by atoms with Crippen molar-refractivity contribution in [2.45, 2.75) is 38.6 Å². The van der Waals surface area contributed by atoms with Gasteiger partial charge in [0, 0.05) is 11.6 Å². The van der Waals surface area contributed by atoms with E-state index < -0.39 is 15.8 Å². The van der Waals surface area contributed by atoms with Crippen LogP contribution in [-0.4, -0.2) is 32.7 Å². The first-order chi connectivity index (χ1) is 11.9. The Labute approximate surface area is 146 Å². The van der Waals surface area contributed by atoms with Crippen molar-refractivity contribution < 1.29 is 17.6 Å². The van der Waals surface area contributed by atoms with E-state index in [0.717, 1.165) is 25.7 Å². The number of nitrogens with zero attached hydrogens (tertiary/aromatic N) is 1. The number of benzene rings is 1. The van der Waals surface area contributed by atoms with Crippen molar-refractivity contribution in [2.75, 3.05) is 6.54 Å². The molecule has 1 aromatic carbocycles. The second kappa shape index (κ2) is 6.95. The molecule has 6 nitrogen and oxygen atoms in total. The van der Waals surface area contributed by atoms with Crippen molar-refractivity contribution in [3.63, 3.8) is 0 Å². The summed E-state index contributed by atoms with van der Waals surface area (Å²) < 4.78 is 40.1. The van der Waals surface area contributed by atoms with E-state index >= 15 is 0 Å². The monoisotopic (exact) mass is 365 g/mol. The molecule has 1 aromatic rings. The van der Waals surface area contributed by atoms with Gasteiger partial charge >= 0.3 is 0 Å². The lowest BCUT2D eigenvalue weighted by molar-refractivity contribution is -0.120. The molecule has 0 bridgehead atoms. The second-order valence-corrected chi connectivity index (χ2v) is 7.90. The lowest BCUT2D eigenvalue weighted by atomic mass is 10.1. The van der Waals surface area contributed by atoms with Crippen molar-refractivity contribution >= 4 is 26.7 Å². The number of amides is 1. The molecule has 1 fully saturated rings. The summed E-state index contributed by atoms with van der Waals surface area (Å²) in [6, 6.07) is 5.41. The summed E-state index contributed by atoms with van der Waals surface area (Å²) in [5.74, 6) is -0.509. The molecule has 134 valence electrons. The van der Waals surface area contributed by atoms with Gasteiger partial charge in [0.15, 0.2) is 0 Å². The molecule has 8 heteroatoms. The Morgan fingerprint density at radius 2 is 1.92 bits per heavy atom. The van der Waals surface area contributed by atoms with E-state index in [2.05, 4.69) is 15.0 Å². The summed E-state index contributed by atoms with van der Waals surface area (Å²) in [7, 11) is -3.78. The lowest BCUT2D eigenvalue weighted by Crippen LogP contribution is -2.35. The van der Waals surface area contributed by atoms with E-state index in [4.69, 9.17) is 0 Å². The zero-order valence-electron chi connectivity index (χ0n) is 13.9. The standard InChI is InChI=1S/C17H20FN3O3S/c1-11-16(12-6-8-13(18)9-7-12)25(23,24)21-17(11)19-10-15(22)20-14-4-2-3-5-14/h6-9,14H,2-5,10H2,1H3,(H,19,21)(H,20,22). The lowest BCUT2D eigenvalue weighted by Gasteiger charge is -2.10. The fourth-order valence-electron chi connectivity index (χ4n) is 3.18. The fourth-order valence-corrected chi connectivity index (χ4v) is 4.70. The molecule has 25 heavy (non-hydrogen) atoms. The normalized spacial score (nSPS) is 21.6. The van der Waals surface area contributed by atoms with Crippen molar-refractivity contribution in [1.29, 1.82) is 0 Å². The van der Waals surface area contributed by atoms with E-state index in [0.29, 0.717) is 11.1 Å². The van der Waals surface area contributed by atoms with Crippen LogP contribution < -0.4 is 10.0 Å². The quantitative estimate of drug-likeness (QED) is 0.855. The minimum atomic E-state index is -3.78. The molecular weight excluding hydrogens is 345 g/mol. The molecule has 0 radical (unpaired) electrons. The average Bonchev–Trinajstić information content (AvgIpc) is 3.13. The molecule has 1 heterocycles. The van der Waals surface area contributed by atoms with E-state index in [9.17, 15) is 17.6 Å². The first-order valence-electron chi connectivity index (χ1n) is 8.20. The predicted octanol–water partition coefficient (Wildman–Crippen LogP) is 1.95. The van der Waals surface area contributed by atoms with Gasteiger partial charge in [0.05, 0.1) is 0 Å². The molecule has 0 spiro atoms. The third kappa shape index (κ3) is 3.89. The van der Waals surface area contributed by atoms with Crippen LogP contribution in [0.1, 0.15) is 38.2 Å². The first kappa shape index (κ1) is 17.6. The number of carbonyl (C=O) groups excluding carboxylic acids is 1.